The number of aromatic nitrogens is 2. The first-order chi connectivity index (χ1) is 12.9. The molecule has 0 unspecified atom stereocenters. The molecule has 3 rings (SSSR count). The fourth-order valence-electron chi connectivity index (χ4n) is 2.95. The minimum atomic E-state index is -3.75. The molecule has 1 saturated heterocycles. The fraction of sp³-hybridized carbons (Fsp3) is 0.353. The van der Waals surface area contributed by atoms with Crippen LogP contribution in [0, 0.1) is 6.92 Å². The Labute approximate surface area is 164 Å². The number of benzene rings is 1. The lowest BCUT2D eigenvalue weighted by Gasteiger charge is -2.36. The third kappa shape index (κ3) is 4.28. The van der Waals surface area contributed by atoms with Crippen LogP contribution in [0.3, 0.4) is 0 Å². The molecule has 27 heavy (non-hydrogen) atoms. The van der Waals surface area contributed by atoms with Crippen LogP contribution in [0.25, 0.3) is 0 Å². The first-order valence-corrected chi connectivity index (χ1v) is 10.4. The maximum Gasteiger partial charge on any atom is 0.263 e. The lowest BCUT2D eigenvalue weighted by molar-refractivity contribution is 0.381. The number of hydrogen-bond acceptors (Lipinski definition) is 6. The van der Waals surface area contributed by atoms with Gasteiger partial charge in [0.2, 0.25) is 0 Å². The number of thiocarbonyl (C=S) groups is 1. The van der Waals surface area contributed by atoms with Gasteiger partial charge >= 0.3 is 0 Å². The number of nitrogens with zero attached hydrogens (tertiary/aromatic N) is 4. The number of sulfonamides is 1. The molecule has 0 aliphatic carbocycles. The maximum atomic E-state index is 12.8. The smallest absolute Gasteiger partial charge is 0.263 e. The zero-order valence-electron chi connectivity index (χ0n) is 15.2. The van der Waals surface area contributed by atoms with E-state index >= 15 is 0 Å². The van der Waals surface area contributed by atoms with Gasteiger partial charge in [-0.2, -0.15) is 0 Å². The van der Waals surface area contributed by atoms with E-state index in [2.05, 4.69) is 24.9 Å². The molecule has 1 aromatic carbocycles. The van der Waals surface area contributed by atoms with E-state index in [4.69, 9.17) is 12.2 Å². The first-order valence-electron chi connectivity index (χ1n) is 8.53. The summed E-state index contributed by atoms with van der Waals surface area (Å²) in [5.74, 6) is 0.745. The van der Waals surface area contributed by atoms with Crippen LogP contribution in [0.15, 0.2) is 41.6 Å². The molecule has 0 atom stereocenters. The zero-order valence-corrected chi connectivity index (χ0v) is 16.8. The summed E-state index contributed by atoms with van der Waals surface area (Å²) in [5.41, 5.74) is 0.671. The molecule has 1 aliphatic heterocycles. The predicted molar refractivity (Wildman–Crippen MR) is 109 cm³/mol. The van der Waals surface area contributed by atoms with Crippen molar-refractivity contribution in [2.75, 3.05) is 42.8 Å². The minimum absolute atomic E-state index is 0.227. The number of anilines is 2. The van der Waals surface area contributed by atoms with Crippen LogP contribution >= 0.6 is 12.2 Å². The van der Waals surface area contributed by atoms with Gasteiger partial charge in [-0.1, -0.05) is 18.2 Å². The van der Waals surface area contributed by atoms with Gasteiger partial charge in [0, 0.05) is 45.6 Å². The summed E-state index contributed by atoms with van der Waals surface area (Å²) >= 11 is 5.27. The average molecular weight is 407 g/mol. The molecule has 2 aromatic rings. The van der Waals surface area contributed by atoms with E-state index in [0.717, 1.165) is 13.1 Å². The monoisotopic (exact) mass is 406 g/mol. The lowest BCUT2D eigenvalue weighted by Crippen LogP contribution is -2.51. The van der Waals surface area contributed by atoms with Crippen LogP contribution in [-0.2, 0) is 10.0 Å². The van der Waals surface area contributed by atoms with Gasteiger partial charge in [-0.15, -0.1) is 0 Å². The van der Waals surface area contributed by atoms with Gasteiger partial charge < -0.3 is 15.1 Å². The van der Waals surface area contributed by atoms with Crippen LogP contribution in [-0.4, -0.2) is 61.6 Å². The predicted octanol–water partition coefficient (Wildman–Crippen LogP) is 1.21. The Balaban J connectivity index is 1.81. The topological polar surface area (TPSA) is 90.5 Å². The van der Waals surface area contributed by atoms with E-state index in [1.165, 1.54) is 6.20 Å². The molecule has 0 bridgehead atoms. The zero-order chi connectivity index (χ0) is 19.4. The molecule has 144 valence electrons. The molecule has 0 saturated carbocycles. The minimum Gasteiger partial charge on any atom is -0.366 e. The van der Waals surface area contributed by atoms with Crippen LogP contribution in [0.4, 0.5) is 11.6 Å². The molecule has 0 radical (unpaired) electrons. The summed E-state index contributed by atoms with van der Waals surface area (Å²) in [6.45, 7) is 4.54. The third-order valence-corrected chi connectivity index (χ3v) is 6.33. The van der Waals surface area contributed by atoms with Gasteiger partial charge in [-0.3, -0.25) is 4.72 Å². The van der Waals surface area contributed by atoms with Crippen molar-refractivity contribution in [1.82, 2.24) is 20.2 Å². The Bertz CT molecular complexity index is 927. The quantitative estimate of drug-likeness (QED) is 0.733. The van der Waals surface area contributed by atoms with Crippen molar-refractivity contribution in [3.05, 3.63) is 42.2 Å². The van der Waals surface area contributed by atoms with Gasteiger partial charge in [-0.05, 0) is 30.8 Å². The summed E-state index contributed by atoms with van der Waals surface area (Å²) in [6, 6.07) is 6.83. The summed E-state index contributed by atoms with van der Waals surface area (Å²) in [6.07, 6.45) is 3.04. The Hall–Kier alpha value is -2.46. The average Bonchev–Trinajstić information content (AvgIpc) is 2.68. The molecular formula is C17H22N6O2S2. The maximum absolute atomic E-state index is 12.8. The largest absolute Gasteiger partial charge is 0.366 e. The molecular weight excluding hydrogens is 384 g/mol. The van der Waals surface area contributed by atoms with Crippen molar-refractivity contribution >= 4 is 39.0 Å². The van der Waals surface area contributed by atoms with Crippen molar-refractivity contribution in [3.8, 4) is 0 Å². The Morgan fingerprint density at radius 1 is 1.11 bits per heavy atom. The molecule has 0 amide bonds. The van der Waals surface area contributed by atoms with Crippen molar-refractivity contribution in [2.45, 2.75) is 11.8 Å². The van der Waals surface area contributed by atoms with E-state index in [0.29, 0.717) is 29.6 Å². The molecule has 1 aromatic heterocycles. The molecule has 2 N–H and O–H groups in total. The Kier molecular flexibility index (Phi) is 5.76. The van der Waals surface area contributed by atoms with Gasteiger partial charge in [0.25, 0.3) is 10.0 Å². The second-order valence-electron chi connectivity index (χ2n) is 6.13. The fourth-order valence-corrected chi connectivity index (χ4v) is 4.39. The summed E-state index contributed by atoms with van der Waals surface area (Å²) < 4.78 is 28.2. The van der Waals surface area contributed by atoms with Crippen molar-refractivity contribution in [1.29, 1.82) is 0 Å². The van der Waals surface area contributed by atoms with Gasteiger partial charge in [0.05, 0.1) is 4.90 Å². The van der Waals surface area contributed by atoms with E-state index in [1.807, 2.05) is 4.90 Å². The highest BCUT2D eigenvalue weighted by atomic mass is 32.2. The van der Waals surface area contributed by atoms with Gasteiger partial charge in [-0.25, -0.2) is 18.4 Å². The van der Waals surface area contributed by atoms with E-state index in [9.17, 15) is 8.42 Å². The second-order valence-corrected chi connectivity index (χ2v) is 8.17. The first kappa shape index (κ1) is 19.3. The third-order valence-electron chi connectivity index (χ3n) is 4.37. The normalized spacial score (nSPS) is 14.7. The van der Waals surface area contributed by atoms with Crippen molar-refractivity contribution in [2.24, 2.45) is 0 Å². The van der Waals surface area contributed by atoms with E-state index in [1.54, 1.807) is 44.4 Å². The highest BCUT2D eigenvalue weighted by Crippen LogP contribution is 2.25. The van der Waals surface area contributed by atoms with Crippen LogP contribution < -0.4 is 14.9 Å². The number of piperazine rings is 1. The van der Waals surface area contributed by atoms with E-state index < -0.39 is 10.0 Å². The summed E-state index contributed by atoms with van der Waals surface area (Å²) in [4.78, 5) is 12.9. The second kappa shape index (κ2) is 8.05. The Morgan fingerprint density at radius 2 is 1.78 bits per heavy atom. The molecule has 10 heteroatoms. The molecule has 8 nitrogen and oxygen atoms in total. The van der Waals surface area contributed by atoms with Crippen molar-refractivity contribution in [3.63, 3.8) is 0 Å². The molecule has 0 spiro atoms. The number of rotatable bonds is 4. The standard InChI is InChI=1S/C17H22N6O2S2/c1-13-5-3-4-6-14(13)27(24,25)21-15-16(20-8-7-19-15)22-9-11-23(12-10-22)17(26)18-2/h3-8H,9-12H2,1-2H3,(H,18,26)(H,19,21). The lowest BCUT2D eigenvalue weighted by atomic mass is 10.2. The summed E-state index contributed by atoms with van der Waals surface area (Å²) in [7, 11) is -1.95. The SMILES string of the molecule is CNC(=S)N1CCN(c2nccnc2NS(=O)(=O)c2ccccc2C)CC1. The highest BCUT2D eigenvalue weighted by molar-refractivity contribution is 7.92. The van der Waals surface area contributed by atoms with Crippen LogP contribution in [0.2, 0.25) is 0 Å². The van der Waals surface area contributed by atoms with Gasteiger partial charge in [0.1, 0.15) is 0 Å². The summed E-state index contributed by atoms with van der Waals surface area (Å²) in [5, 5.41) is 3.68. The van der Waals surface area contributed by atoms with E-state index in [-0.39, 0.29) is 10.7 Å². The van der Waals surface area contributed by atoms with Gasteiger partial charge in [0.15, 0.2) is 16.7 Å². The molecule has 1 fully saturated rings. The number of aryl methyl sites for hydroxylation is 1. The van der Waals surface area contributed by atoms with Crippen LogP contribution in [0.1, 0.15) is 5.56 Å². The van der Waals surface area contributed by atoms with Crippen LogP contribution in [0.5, 0.6) is 0 Å². The van der Waals surface area contributed by atoms with Crippen molar-refractivity contribution < 1.29 is 8.42 Å². The Morgan fingerprint density at radius 3 is 2.44 bits per heavy atom. The number of nitrogens with one attached hydrogen (secondary N) is 2. The molecule has 2 heterocycles. The highest BCUT2D eigenvalue weighted by Gasteiger charge is 2.25. The molecule has 1 aliphatic rings. The number of hydrogen-bond donors (Lipinski definition) is 2.